The predicted molar refractivity (Wildman–Crippen MR) is 112 cm³/mol. The van der Waals surface area contributed by atoms with Gasteiger partial charge >= 0.3 is 6.09 Å². The highest BCUT2D eigenvalue weighted by Crippen LogP contribution is 2.51. The fourth-order valence-corrected chi connectivity index (χ4v) is 9.13. The highest BCUT2D eigenvalue weighted by Gasteiger charge is 2.54. The van der Waals surface area contributed by atoms with Crippen LogP contribution in [0.3, 0.4) is 0 Å². The lowest BCUT2D eigenvalue weighted by atomic mass is 9.93. The van der Waals surface area contributed by atoms with Crippen LogP contribution in [0, 0.1) is 11.8 Å². The Hall–Kier alpha value is -1.29. The van der Waals surface area contributed by atoms with E-state index in [9.17, 15) is 18.0 Å². The number of nitrogens with one attached hydrogen (secondary N) is 1. The van der Waals surface area contributed by atoms with Crippen LogP contribution in [0.15, 0.2) is 4.99 Å². The lowest BCUT2D eigenvalue weighted by Crippen LogP contribution is -2.47. The number of sulfone groups is 1. The Balaban J connectivity index is 1.46. The molecule has 2 aliphatic carbocycles. The third-order valence-electron chi connectivity index (χ3n) is 6.17. The molecule has 0 aromatic carbocycles. The summed E-state index contributed by atoms with van der Waals surface area (Å²) in [5.41, 5.74) is -0.637. The van der Waals surface area contributed by atoms with E-state index in [4.69, 9.17) is 4.74 Å². The molecule has 2 saturated heterocycles. The highest BCUT2D eigenvalue weighted by atomic mass is 32.2. The standard InChI is InChI=1S/C19H29N3O5S2/c1-19(2,3)27-18(24)20-8-16(23)21-17-22(13-7-11-4-5-12(13)6-11)14-9-29(25,26)10-15(14)28-17/h11-15H,4-10H2,1-3H3,(H,20,24)/t11-,12-,13-,14-,15-/m1/s1. The zero-order chi connectivity index (χ0) is 21.0. The molecule has 2 amide bonds. The number of hydrogen-bond donors (Lipinski definition) is 1. The second kappa shape index (κ2) is 7.44. The molecule has 4 aliphatic rings. The van der Waals surface area contributed by atoms with E-state index in [1.54, 1.807) is 20.8 Å². The molecule has 4 rings (SSSR count). The van der Waals surface area contributed by atoms with Crippen molar-refractivity contribution >= 4 is 38.8 Å². The molecular formula is C19H29N3O5S2. The third-order valence-corrected chi connectivity index (χ3v) is 9.39. The first-order chi connectivity index (χ1) is 13.5. The van der Waals surface area contributed by atoms with Crippen LogP contribution < -0.4 is 5.32 Å². The molecule has 5 atom stereocenters. The maximum Gasteiger partial charge on any atom is 0.408 e. The van der Waals surface area contributed by atoms with Gasteiger partial charge in [0.15, 0.2) is 15.0 Å². The molecule has 0 radical (unpaired) electrons. The topological polar surface area (TPSA) is 105 Å². The number of amides is 2. The lowest BCUT2D eigenvalue weighted by molar-refractivity contribution is -0.117. The van der Waals surface area contributed by atoms with Crippen molar-refractivity contribution in [1.82, 2.24) is 10.2 Å². The minimum atomic E-state index is -3.05. The molecule has 0 aromatic rings. The monoisotopic (exact) mass is 443 g/mol. The van der Waals surface area contributed by atoms with E-state index in [-0.39, 0.29) is 35.4 Å². The Morgan fingerprint density at radius 3 is 2.59 bits per heavy atom. The number of thioether (sulfide) groups is 1. The van der Waals surface area contributed by atoms with E-state index in [0.717, 1.165) is 6.42 Å². The summed E-state index contributed by atoms with van der Waals surface area (Å²) in [7, 11) is -3.05. The van der Waals surface area contributed by atoms with Gasteiger partial charge in [-0.1, -0.05) is 18.2 Å². The van der Waals surface area contributed by atoms with Gasteiger partial charge in [0.1, 0.15) is 12.1 Å². The first-order valence-electron chi connectivity index (χ1n) is 10.2. The van der Waals surface area contributed by atoms with Crippen LogP contribution in [0.25, 0.3) is 0 Å². The van der Waals surface area contributed by atoms with Gasteiger partial charge in [-0.2, -0.15) is 4.99 Å². The molecule has 2 aliphatic heterocycles. The van der Waals surface area contributed by atoms with E-state index >= 15 is 0 Å². The van der Waals surface area contributed by atoms with Crippen molar-refractivity contribution < 1.29 is 22.7 Å². The number of carbonyl (C=O) groups excluding carboxylic acids is 2. The molecule has 0 aromatic heterocycles. The number of hydrogen-bond acceptors (Lipinski definition) is 6. The summed E-state index contributed by atoms with van der Waals surface area (Å²) in [5.74, 6) is 1.10. The number of alkyl carbamates (subject to hydrolysis) is 1. The molecular weight excluding hydrogens is 414 g/mol. The molecule has 0 spiro atoms. The number of rotatable bonds is 3. The van der Waals surface area contributed by atoms with Crippen LogP contribution >= 0.6 is 11.8 Å². The number of aliphatic imine (C=N–C) groups is 1. The number of nitrogens with zero attached hydrogens (tertiary/aromatic N) is 2. The van der Waals surface area contributed by atoms with Gasteiger partial charge in [0.2, 0.25) is 0 Å². The molecule has 2 heterocycles. The average Bonchev–Trinajstić information content (AvgIpc) is 3.30. The Morgan fingerprint density at radius 2 is 1.97 bits per heavy atom. The largest absolute Gasteiger partial charge is 0.444 e. The number of carbonyl (C=O) groups is 2. The van der Waals surface area contributed by atoms with E-state index in [0.29, 0.717) is 17.0 Å². The Bertz CT molecular complexity index is 835. The van der Waals surface area contributed by atoms with E-state index in [1.807, 2.05) is 0 Å². The van der Waals surface area contributed by atoms with Crippen molar-refractivity contribution in [2.75, 3.05) is 18.1 Å². The maximum absolute atomic E-state index is 12.4. The van der Waals surface area contributed by atoms with Crippen molar-refractivity contribution in [3.63, 3.8) is 0 Å². The second-order valence-corrected chi connectivity index (χ2v) is 13.0. The highest BCUT2D eigenvalue weighted by molar-refractivity contribution is 8.15. The third kappa shape index (κ3) is 4.57. The summed E-state index contributed by atoms with van der Waals surface area (Å²) in [5, 5.41) is 3.01. The quantitative estimate of drug-likeness (QED) is 0.709. The van der Waals surface area contributed by atoms with Crippen LogP contribution in [0.2, 0.25) is 0 Å². The normalized spacial score (nSPS) is 36.4. The summed E-state index contributed by atoms with van der Waals surface area (Å²) in [6, 6.07) is 0.176. The smallest absolute Gasteiger partial charge is 0.408 e. The van der Waals surface area contributed by atoms with Crippen LogP contribution in [0.4, 0.5) is 4.79 Å². The summed E-state index contributed by atoms with van der Waals surface area (Å²) in [6.45, 7) is 5.02. The summed E-state index contributed by atoms with van der Waals surface area (Å²) in [6.07, 6.45) is 4.01. The van der Waals surface area contributed by atoms with Gasteiger partial charge in [-0.25, -0.2) is 13.2 Å². The minimum Gasteiger partial charge on any atom is -0.444 e. The predicted octanol–water partition coefficient (Wildman–Crippen LogP) is 1.80. The molecule has 1 N–H and O–H groups in total. The van der Waals surface area contributed by atoms with Gasteiger partial charge in [-0.05, 0) is 51.9 Å². The van der Waals surface area contributed by atoms with E-state index in [1.165, 1.54) is 31.0 Å². The van der Waals surface area contributed by atoms with Gasteiger partial charge in [0, 0.05) is 11.3 Å². The van der Waals surface area contributed by atoms with Gasteiger partial charge in [-0.15, -0.1) is 0 Å². The minimum absolute atomic E-state index is 0.0653. The number of fused-ring (bicyclic) bond motifs is 3. The molecule has 4 fully saturated rings. The van der Waals surface area contributed by atoms with Gasteiger partial charge < -0.3 is 15.0 Å². The average molecular weight is 444 g/mol. The molecule has 2 saturated carbocycles. The summed E-state index contributed by atoms with van der Waals surface area (Å²) < 4.78 is 29.5. The zero-order valence-corrected chi connectivity index (χ0v) is 18.7. The van der Waals surface area contributed by atoms with Crippen LogP contribution in [-0.2, 0) is 19.4 Å². The molecule has 10 heteroatoms. The second-order valence-electron chi connectivity index (χ2n) is 9.59. The zero-order valence-electron chi connectivity index (χ0n) is 17.1. The van der Waals surface area contributed by atoms with Crippen molar-refractivity contribution in [3.8, 4) is 0 Å². The van der Waals surface area contributed by atoms with Crippen molar-refractivity contribution in [3.05, 3.63) is 0 Å². The molecule has 8 nitrogen and oxygen atoms in total. The van der Waals surface area contributed by atoms with Crippen molar-refractivity contribution in [2.45, 2.75) is 69.4 Å². The van der Waals surface area contributed by atoms with Crippen molar-refractivity contribution in [1.29, 1.82) is 0 Å². The Morgan fingerprint density at radius 1 is 1.21 bits per heavy atom. The SMILES string of the molecule is CC(C)(C)OC(=O)NCC(=O)N=C1S[C@@H]2CS(=O)(=O)C[C@H]2N1[C@@H]1C[C@@H]2CC[C@@H]1C2. The first kappa shape index (κ1) is 21.0. The number of ether oxygens (including phenoxy) is 1. The lowest BCUT2D eigenvalue weighted by Gasteiger charge is -2.36. The van der Waals surface area contributed by atoms with Crippen LogP contribution in [0.1, 0.15) is 46.5 Å². The Kier molecular flexibility index (Phi) is 5.38. The van der Waals surface area contributed by atoms with Gasteiger partial charge in [-0.3, -0.25) is 4.79 Å². The number of amidine groups is 1. The van der Waals surface area contributed by atoms with Gasteiger partial charge in [0.25, 0.3) is 5.91 Å². The van der Waals surface area contributed by atoms with Crippen LogP contribution in [-0.4, -0.2) is 71.5 Å². The van der Waals surface area contributed by atoms with Gasteiger partial charge in [0.05, 0.1) is 17.5 Å². The Labute approximate surface area is 176 Å². The summed E-state index contributed by atoms with van der Waals surface area (Å²) in [4.78, 5) is 30.6. The first-order valence-corrected chi connectivity index (χ1v) is 12.9. The molecule has 29 heavy (non-hydrogen) atoms. The van der Waals surface area contributed by atoms with E-state index < -0.39 is 27.4 Å². The molecule has 0 unspecified atom stereocenters. The summed E-state index contributed by atoms with van der Waals surface area (Å²) >= 11 is 1.41. The fraction of sp³-hybridized carbons (Fsp3) is 0.842. The fourth-order valence-electron chi connectivity index (χ4n) is 5.14. The van der Waals surface area contributed by atoms with E-state index in [2.05, 4.69) is 15.2 Å². The molecule has 2 bridgehead atoms. The van der Waals surface area contributed by atoms with Crippen LogP contribution in [0.5, 0.6) is 0 Å². The molecule has 162 valence electrons. The maximum atomic E-state index is 12.4. The van der Waals surface area contributed by atoms with Crippen molar-refractivity contribution in [2.24, 2.45) is 16.8 Å².